The van der Waals surface area contributed by atoms with Gasteiger partial charge in [-0.3, -0.25) is 4.21 Å². The quantitative estimate of drug-likeness (QED) is 0.490. The van der Waals surface area contributed by atoms with Crippen LogP contribution >= 0.6 is 0 Å². The molecule has 31 heavy (non-hydrogen) atoms. The standard InChI is InChI=1S/C27H31NO2S/c1-30-27(22-31(29)26-13-6-3-7-14-26)16-19-28(20-17-27)18-15-23-9-8-12-25(21-23)24-10-4-2-5-11-24/h2-14,21H,15-20,22H2,1H3. The molecule has 1 unspecified atom stereocenters. The van der Waals surface area contributed by atoms with E-state index in [-0.39, 0.29) is 5.60 Å². The lowest BCUT2D eigenvalue weighted by molar-refractivity contribution is -0.0391. The first-order chi connectivity index (χ1) is 15.2. The lowest BCUT2D eigenvalue weighted by atomic mass is 9.93. The topological polar surface area (TPSA) is 29.5 Å². The number of hydrogen-bond donors (Lipinski definition) is 0. The molecule has 0 N–H and O–H groups in total. The first-order valence-electron chi connectivity index (χ1n) is 11.0. The lowest BCUT2D eigenvalue weighted by Crippen LogP contribution is -2.49. The normalized spacial score (nSPS) is 17.3. The second kappa shape index (κ2) is 10.4. The number of hydrogen-bond acceptors (Lipinski definition) is 3. The van der Waals surface area contributed by atoms with E-state index in [0.29, 0.717) is 5.75 Å². The summed E-state index contributed by atoms with van der Waals surface area (Å²) in [4.78, 5) is 3.40. The number of likely N-dealkylation sites (tertiary alicyclic amines) is 1. The van der Waals surface area contributed by atoms with Crippen molar-refractivity contribution in [3.05, 3.63) is 90.5 Å². The van der Waals surface area contributed by atoms with Gasteiger partial charge in [0.15, 0.2) is 0 Å². The Morgan fingerprint density at radius 2 is 1.52 bits per heavy atom. The monoisotopic (exact) mass is 433 g/mol. The molecule has 0 radical (unpaired) electrons. The van der Waals surface area contributed by atoms with E-state index in [4.69, 9.17) is 4.74 Å². The van der Waals surface area contributed by atoms with Gasteiger partial charge >= 0.3 is 0 Å². The Bertz CT molecular complexity index is 982. The van der Waals surface area contributed by atoms with E-state index in [1.165, 1.54) is 16.7 Å². The minimum Gasteiger partial charge on any atom is -0.377 e. The highest BCUT2D eigenvalue weighted by Gasteiger charge is 2.36. The Balaban J connectivity index is 1.31. The summed E-state index contributed by atoms with van der Waals surface area (Å²) in [5.41, 5.74) is 3.62. The number of nitrogens with zero attached hydrogens (tertiary/aromatic N) is 1. The second-order valence-corrected chi connectivity index (χ2v) is 9.80. The summed E-state index contributed by atoms with van der Waals surface area (Å²) in [6.07, 6.45) is 2.88. The molecule has 162 valence electrons. The van der Waals surface area contributed by atoms with Crippen molar-refractivity contribution in [2.75, 3.05) is 32.5 Å². The zero-order chi connectivity index (χ0) is 21.5. The van der Waals surface area contributed by atoms with Crippen LogP contribution in [0.5, 0.6) is 0 Å². The molecule has 1 heterocycles. The lowest BCUT2D eigenvalue weighted by Gasteiger charge is -2.40. The summed E-state index contributed by atoms with van der Waals surface area (Å²) in [5.74, 6) is 0.570. The molecule has 3 nitrogen and oxygen atoms in total. The molecule has 0 saturated carbocycles. The van der Waals surface area contributed by atoms with Gasteiger partial charge in [0.25, 0.3) is 0 Å². The summed E-state index contributed by atoms with van der Waals surface area (Å²) in [6.45, 7) is 3.01. The van der Waals surface area contributed by atoms with Crippen LogP contribution in [0.15, 0.2) is 89.8 Å². The van der Waals surface area contributed by atoms with Crippen molar-refractivity contribution in [1.29, 1.82) is 0 Å². The van der Waals surface area contributed by atoms with Crippen LogP contribution in [-0.4, -0.2) is 47.2 Å². The maximum absolute atomic E-state index is 12.8. The molecule has 1 aliphatic heterocycles. The fourth-order valence-corrected chi connectivity index (χ4v) is 5.82. The molecule has 0 amide bonds. The molecule has 4 heteroatoms. The molecule has 0 aromatic heterocycles. The van der Waals surface area contributed by atoms with E-state index in [1.54, 1.807) is 7.11 Å². The minimum atomic E-state index is -1.03. The van der Waals surface area contributed by atoms with Crippen LogP contribution < -0.4 is 0 Å². The van der Waals surface area contributed by atoms with Crippen LogP contribution in [0.3, 0.4) is 0 Å². The predicted molar refractivity (Wildman–Crippen MR) is 129 cm³/mol. The van der Waals surface area contributed by atoms with Crippen molar-refractivity contribution in [3.63, 3.8) is 0 Å². The molecular weight excluding hydrogens is 402 g/mol. The van der Waals surface area contributed by atoms with Gasteiger partial charge in [0.1, 0.15) is 0 Å². The molecule has 1 aliphatic rings. The molecule has 0 bridgehead atoms. The highest BCUT2D eigenvalue weighted by Crippen LogP contribution is 2.29. The SMILES string of the molecule is COC1(CS(=O)c2ccccc2)CCN(CCc2cccc(-c3ccccc3)c2)CC1. The fourth-order valence-electron chi connectivity index (χ4n) is 4.31. The van der Waals surface area contributed by atoms with Crippen molar-refractivity contribution < 1.29 is 8.95 Å². The highest BCUT2D eigenvalue weighted by atomic mass is 32.2. The number of methoxy groups -OCH3 is 1. The van der Waals surface area contributed by atoms with Gasteiger partial charge in [0, 0.05) is 31.6 Å². The third-order valence-corrected chi connectivity index (χ3v) is 7.94. The Morgan fingerprint density at radius 3 is 2.19 bits per heavy atom. The number of ether oxygens (including phenoxy) is 1. The Hall–Kier alpha value is -2.27. The smallest absolute Gasteiger partial charge is 0.0821 e. The van der Waals surface area contributed by atoms with Gasteiger partial charge in [0.2, 0.25) is 0 Å². The van der Waals surface area contributed by atoms with E-state index < -0.39 is 10.8 Å². The van der Waals surface area contributed by atoms with E-state index in [1.807, 2.05) is 30.3 Å². The summed E-state index contributed by atoms with van der Waals surface area (Å²) in [6, 6.07) is 29.1. The molecule has 1 saturated heterocycles. The zero-order valence-corrected chi connectivity index (χ0v) is 19.0. The fraction of sp³-hybridized carbons (Fsp3) is 0.333. The molecule has 4 rings (SSSR count). The Labute approximate surface area is 188 Å². The molecule has 3 aromatic carbocycles. The van der Waals surface area contributed by atoms with E-state index >= 15 is 0 Å². The summed E-state index contributed by atoms with van der Waals surface area (Å²) >= 11 is 0. The average molecular weight is 434 g/mol. The third kappa shape index (κ3) is 5.70. The molecule has 1 fully saturated rings. The van der Waals surface area contributed by atoms with Crippen molar-refractivity contribution in [3.8, 4) is 11.1 Å². The van der Waals surface area contributed by atoms with Gasteiger partial charge in [0.05, 0.1) is 22.2 Å². The Morgan fingerprint density at radius 1 is 0.871 bits per heavy atom. The first kappa shape index (κ1) is 21.9. The van der Waals surface area contributed by atoms with Crippen LogP contribution in [0, 0.1) is 0 Å². The number of rotatable bonds is 8. The third-order valence-electron chi connectivity index (χ3n) is 6.35. The van der Waals surface area contributed by atoms with Crippen molar-refractivity contribution in [2.45, 2.75) is 29.8 Å². The summed E-state index contributed by atoms with van der Waals surface area (Å²) < 4.78 is 18.8. The van der Waals surface area contributed by atoms with Crippen LogP contribution in [0.1, 0.15) is 18.4 Å². The van der Waals surface area contributed by atoms with Crippen LogP contribution in [0.4, 0.5) is 0 Å². The highest BCUT2D eigenvalue weighted by molar-refractivity contribution is 7.85. The average Bonchev–Trinajstić information content (AvgIpc) is 2.85. The summed E-state index contributed by atoms with van der Waals surface area (Å²) in [5, 5.41) is 0. The minimum absolute atomic E-state index is 0.287. The van der Waals surface area contributed by atoms with Gasteiger partial charge in [-0.1, -0.05) is 72.8 Å². The molecule has 0 aliphatic carbocycles. The molecule has 1 atom stereocenters. The largest absolute Gasteiger partial charge is 0.377 e. The predicted octanol–water partition coefficient (Wildman–Crippen LogP) is 5.18. The maximum Gasteiger partial charge on any atom is 0.0821 e. The molecule has 0 spiro atoms. The van der Waals surface area contributed by atoms with Gasteiger partial charge in [-0.05, 0) is 48.1 Å². The van der Waals surface area contributed by atoms with Gasteiger partial charge < -0.3 is 9.64 Å². The van der Waals surface area contributed by atoms with Crippen molar-refractivity contribution in [2.24, 2.45) is 0 Å². The van der Waals surface area contributed by atoms with E-state index in [2.05, 4.69) is 59.5 Å². The van der Waals surface area contributed by atoms with Gasteiger partial charge in [-0.25, -0.2) is 0 Å². The summed E-state index contributed by atoms with van der Waals surface area (Å²) in [7, 11) is 0.741. The molecular formula is C27H31NO2S. The van der Waals surface area contributed by atoms with Gasteiger partial charge in [-0.2, -0.15) is 0 Å². The number of benzene rings is 3. The number of piperidine rings is 1. The molecule has 3 aromatic rings. The van der Waals surface area contributed by atoms with E-state index in [9.17, 15) is 4.21 Å². The van der Waals surface area contributed by atoms with Crippen molar-refractivity contribution in [1.82, 2.24) is 4.90 Å². The maximum atomic E-state index is 12.8. The Kier molecular flexibility index (Phi) is 7.33. The van der Waals surface area contributed by atoms with Crippen LogP contribution in [0.25, 0.3) is 11.1 Å². The van der Waals surface area contributed by atoms with Crippen LogP contribution in [-0.2, 0) is 22.0 Å². The first-order valence-corrected chi connectivity index (χ1v) is 12.3. The van der Waals surface area contributed by atoms with Crippen molar-refractivity contribution >= 4 is 10.8 Å². The second-order valence-electron chi connectivity index (χ2n) is 8.35. The van der Waals surface area contributed by atoms with Gasteiger partial charge in [-0.15, -0.1) is 0 Å². The van der Waals surface area contributed by atoms with Crippen LogP contribution in [0.2, 0.25) is 0 Å². The van der Waals surface area contributed by atoms with E-state index in [0.717, 1.165) is 43.8 Å². The zero-order valence-electron chi connectivity index (χ0n) is 18.2.